The van der Waals surface area contributed by atoms with Crippen LogP contribution >= 0.6 is 0 Å². The lowest BCUT2D eigenvalue weighted by atomic mass is 9.47. The molecule has 0 unspecified atom stereocenters. The number of rotatable bonds is 9. The number of hydrogen-bond acceptors (Lipinski definition) is 8. The number of hydrogen-bond donors (Lipinski definition) is 3. The zero-order chi connectivity index (χ0) is 29.5. The molecule has 1 aromatic carbocycles. The molecule has 4 N–H and O–H groups in total. The number of aliphatic hydroxyl groups excluding tert-OH is 1. The van der Waals surface area contributed by atoms with Gasteiger partial charge in [0.15, 0.2) is 6.61 Å². The van der Waals surface area contributed by atoms with Crippen molar-refractivity contribution in [3.05, 3.63) is 35.9 Å². The molecule has 3 aliphatic rings. The highest BCUT2D eigenvalue weighted by Crippen LogP contribution is 2.62. The van der Waals surface area contributed by atoms with Gasteiger partial charge in [-0.1, -0.05) is 33.8 Å². The summed E-state index contributed by atoms with van der Waals surface area (Å²) in [5.74, 6) is 0.294. The molecule has 0 radical (unpaired) electrons. The zero-order valence-corrected chi connectivity index (χ0v) is 24.7. The second-order valence-electron chi connectivity index (χ2n) is 13.1. The van der Waals surface area contributed by atoms with Crippen molar-refractivity contribution < 1.29 is 33.8 Å². The van der Waals surface area contributed by atoms with Gasteiger partial charge < -0.3 is 34.8 Å². The molecule has 9 heteroatoms. The van der Waals surface area contributed by atoms with Gasteiger partial charge in [0.1, 0.15) is 17.6 Å². The molecule has 1 aromatic rings. The number of aliphatic hydroxyl groups is 1. The van der Waals surface area contributed by atoms with Crippen molar-refractivity contribution in [3.8, 4) is 5.75 Å². The van der Waals surface area contributed by atoms with Gasteiger partial charge in [-0.2, -0.15) is 0 Å². The molecule has 1 heterocycles. The lowest BCUT2D eigenvalue weighted by Gasteiger charge is -2.60. The van der Waals surface area contributed by atoms with Gasteiger partial charge in [-0.3, -0.25) is 0 Å². The van der Waals surface area contributed by atoms with E-state index in [0.717, 1.165) is 30.4 Å². The standard InChI is InChI=1S/C31H46BNO7/c1-7-29(5)14-26(30(6)18-31(10-8-19(30)2,11-9-20(3)34)21(4)28(29)36)40-27(35)17-38-23-12-22(15-33)24-16-39-32(37)25(24)13-23/h7,12-13,19,21,26,28,36-37H,1,8-11,14-18,33H2,2-6H3/t19-,21+,26-,28+,29-,30+,31-/m1/s1. The Morgan fingerprint density at radius 2 is 2.02 bits per heavy atom. The summed E-state index contributed by atoms with van der Waals surface area (Å²) in [5, 5.41) is 21.8. The Morgan fingerprint density at radius 3 is 2.67 bits per heavy atom. The maximum atomic E-state index is 13.3. The molecule has 0 spiro atoms. The highest BCUT2D eigenvalue weighted by Gasteiger charge is 2.58. The SMILES string of the molecule is C=C[C@]1(C)C[C@@H](OC(=O)COc2cc(CN)c3c(c2)B(O)OC3)[C@@]2(C)C[C@](CCC(C)=O)(CC[C@H]2C)[C@@H](C)[C@@H]1O. The Kier molecular flexibility index (Phi) is 8.91. The molecule has 2 saturated carbocycles. The Labute approximate surface area is 238 Å². The fourth-order valence-electron chi connectivity index (χ4n) is 7.56. The number of ether oxygens (including phenoxy) is 2. The van der Waals surface area contributed by atoms with Crippen LogP contribution in [0.25, 0.3) is 0 Å². The fraction of sp³-hybridized carbons (Fsp3) is 0.677. The maximum absolute atomic E-state index is 13.3. The lowest BCUT2D eigenvalue weighted by Crippen LogP contribution is -2.58. The monoisotopic (exact) mass is 555 g/mol. The molecule has 4 rings (SSSR count). The lowest BCUT2D eigenvalue weighted by molar-refractivity contribution is -0.190. The van der Waals surface area contributed by atoms with E-state index in [4.69, 9.17) is 19.9 Å². The van der Waals surface area contributed by atoms with Gasteiger partial charge in [0.25, 0.3) is 0 Å². The van der Waals surface area contributed by atoms with E-state index in [1.54, 1.807) is 25.1 Å². The topological polar surface area (TPSA) is 128 Å². The highest BCUT2D eigenvalue weighted by atomic mass is 16.6. The van der Waals surface area contributed by atoms with Crippen molar-refractivity contribution in [2.45, 2.75) is 98.5 Å². The van der Waals surface area contributed by atoms with Gasteiger partial charge in [0.05, 0.1) is 12.7 Å². The fourth-order valence-corrected chi connectivity index (χ4v) is 7.56. The van der Waals surface area contributed by atoms with Crippen molar-refractivity contribution in [1.29, 1.82) is 0 Å². The third-order valence-electron chi connectivity index (χ3n) is 10.7. The molecule has 8 nitrogen and oxygen atoms in total. The molecule has 0 amide bonds. The van der Waals surface area contributed by atoms with E-state index in [-0.39, 0.29) is 48.2 Å². The molecule has 220 valence electrons. The molecule has 2 aliphatic carbocycles. The van der Waals surface area contributed by atoms with Crippen molar-refractivity contribution >= 4 is 24.3 Å². The largest absolute Gasteiger partial charge is 0.491 e. The minimum atomic E-state index is -1.05. The third kappa shape index (κ3) is 5.63. The zero-order valence-electron chi connectivity index (χ0n) is 24.7. The van der Waals surface area contributed by atoms with Crippen molar-refractivity contribution in [1.82, 2.24) is 0 Å². The van der Waals surface area contributed by atoms with E-state index < -0.39 is 30.7 Å². The van der Waals surface area contributed by atoms with Crippen molar-refractivity contribution in [2.24, 2.45) is 33.8 Å². The van der Waals surface area contributed by atoms with Crippen LogP contribution < -0.4 is 15.9 Å². The van der Waals surface area contributed by atoms with Crippen LogP contribution in [0.15, 0.2) is 24.8 Å². The van der Waals surface area contributed by atoms with E-state index in [9.17, 15) is 19.7 Å². The van der Waals surface area contributed by atoms with Crippen molar-refractivity contribution in [2.75, 3.05) is 6.61 Å². The average molecular weight is 556 g/mol. The van der Waals surface area contributed by atoms with E-state index in [1.807, 2.05) is 6.92 Å². The summed E-state index contributed by atoms with van der Waals surface area (Å²) >= 11 is 0. The molecule has 0 aromatic heterocycles. The van der Waals surface area contributed by atoms with E-state index in [0.29, 0.717) is 30.5 Å². The van der Waals surface area contributed by atoms with Gasteiger partial charge >= 0.3 is 13.1 Å². The van der Waals surface area contributed by atoms with Crippen LogP contribution in [0.3, 0.4) is 0 Å². The quantitative estimate of drug-likeness (QED) is 0.240. The molecule has 1 aliphatic heterocycles. The highest BCUT2D eigenvalue weighted by molar-refractivity contribution is 6.61. The second kappa shape index (κ2) is 11.6. The molecule has 40 heavy (non-hydrogen) atoms. The van der Waals surface area contributed by atoms with Crippen LogP contribution in [-0.4, -0.2) is 47.8 Å². The normalized spacial score (nSPS) is 35.4. The van der Waals surface area contributed by atoms with Crippen molar-refractivity contribution in [3.63, 3.8) is 0 Å². The summed E-state index contributed by atoms with van der Waals surface area (Å²) in [6.07, 6.45) is 4.86. The van der Waals surface area contributed by atoms with Crippen LogP contribution in [0.4, 0.5) is 0 Å². The first-order valence-electron chi connectivity index (χ1n) is 14.6. The van der Waals surface area contributed by atoms with Crippen LogP contribution in [0.5, 0.6) is 5.75 Å². The summed E-state index contributed by atoms with van der Waals surface area (Å²) in [6.45, 7) is 14.4. The van der Waals surface area contributed by atoms with E-state index >= 15 is 0 Å². The summed E-state index contributed by atoms with van der Waals surface area (Å²) in [7, 11) is -1.05. The van der Waals surface area contributed by atoms with Crippen LogP contribution in [0.2, 0.25) is 0 Å². The van der Waals surface area contributed by atoms with Gasteiger partial charge in [-0.05, 0) is 85.0 Å². The molecule has 2 fully saturated rings. The number of benzene rings is 1. The Morgan fingerprint density at radius 1 is 1.30 bits per heavy atom. The minimum absolute atomic E-state index is 0.0439. The van der Waals surface area contributed by atoms with Crippen LogP contribution in [0.1, 0.15) is 84.3 Å². The first kappa shape index (κ1) is 30.8. The number of esters is 1. The molecule has 0 saturated heterocycles. The molecular weight excluding hydrogens is 509 g/mol. The Bertz CT molecular complexity index is 1140. The van der Waals surface area contributed by atoms with Gasteiger partial charge in [0.2, 0.25) is 0 Å². The maximum Gasteiger partial charge on any atom is 0.491 e. The summed E-state index contributed by atoms with van der Waals surface area (Å²) in [4.78, 5) is 25.3. The third-order valence-corrected chi connectivity index (χ3v) is 10.7. The number of nitrogens with two attached hydrogens (primary N) is 1. The van der Waals surface area contributed by atoms with Crippen LogP contribution in [0, 0.1) is 28.1 Å². The smallest absolute Gasteiger partial charge is 0.482 e. The summed E-state index contributed by atoms with van der Waals surface area (Å²) < 4.78 is 17.4. The van der Waals surface area contributed by atoms with Crippen LogP contribution in [-0.2, 0) is 32.1 Å². The predicted molar refractivity (Wildman–Crippen MR) is 154 cm³/mol. The number of Topliss-reactive ketones (excluding diaryl/α,β-unsaturated/α-hetero) is 1. The van der Waals surface area contributed by atoms with E-state index in [1.165, 1.54) is 0 Å². The average Bonchev–Trinajstić information content (AvgIpc) is 3.30. The predicted octanol–water partition coefficient (Wildman–Crippen LogP) is 3.43. The molecular formula is C31H46BNO7. The number of fused-ring (bicyclic) bond motifs is 3. The second-order valence-corrected chi connectivity index (χ2v) is 13.1. The first-order chi connectivity index (χ1) is 18.8. The number of carbonyl (C=O) groups is 2. The summed E-state index contributed by atoms with van der Waals surface area (Å²) in [5.41, 5.74) is 6.86. The Hall–Kier alpha value is -2.20. The number of carbonyl (C=O) groups excluding carboxylic acids is 2. The Balaban J connectivity index is 1.59. The van der Waals surface area contributed by atoms with Gasteiger partial charge in [0, 0.05) is 23.8 Å². The van der Waals surface area contributed by atoms with E-state index in [2.05, 4.69) is 27.4 Å². The molecule has 2 bridgehead atoms. The summed E-state index contributed by atoms with van der Waals surface area (Å²) in [6, 6.07) is 3.44. The first-order valence-corrected chi connectivity index (χ1v) is 14.6. The minimum Gasteiger partial charge on any atom is -0.482 e. The van der Waals surface area contributed by atoms with Gasteiger partial charge in [-0.25, -0.2) is 4.79 Å². The van der Waals surface area contributed by atoms with Gasteiger partial charge in [-0.15, -0.1) is 6.58 Å². The number of ketones is 1. The molecule has 7 atom stereocenters.